The predicted octanol–water partition coefficient (Wildman–Crippen LogP) is 3.09. The van der Waals surface area contributed by atoms with Crippen molar-refractivity contribution < 1.29 is 14.3 Å². The number of carbonyl (C=O) groups is 2. The van der Waals surface area contributed by atoms with E-state index in [0.29, 0.717) is 6.42 Å². The van der Waals surface area contributed by atoms with Crippen molar-refractivity contribution in [2.24, 2.45) is 17.8 Å². The first-order valence-electron chi connectivity index (χ1n) is 9.19. The molecule has 0 spiro atoms. The van der Waals surface area contributed by atoms with Crippen LogP contribution in [0.1, 0.15) is 36.6 Å². The van der Waals surface area contributed by atoms with Gasteiger partial charge in [-0.3, -0.25) is 4.79 Å². The van der Waals surface area contributed by atoms with Gasteiger partial charge in [-0.25, -0.2) is 4.79 Å². The number of nitriles is 1. The summed E-state index contributed by atoms with van der Waals surface area (Å²) < 4.78 is 6.06. The van der Waals surface area contributed by atoms with E-state index in [2.05, 4.69) is 11.2 Å². The molecule has 0 amide bonds. The van der Waals surface area contributed by atoms with Crippen LogP contribution < -0.4 is 0 Å². The summed E-state index contributed by atoms with van der Waals surface area (Å²) in [5, 5.41) is 14.2. The minimum Gasteiger partial charge on any atom is -0.451 e. The Bertz CT molecular complexity index is 943. The Morgan fingerprint density at radius 2 is 2.11 bits per heavy atom. The van der Waals surface area contributed by atoms with Gasteiger partial charge in [0.25, 0.3) is 0 Å². The van der Waals surface area contributed by atoms with Crippen LogP contribution in [0.2, 0.25) is 0 Å². The lowest BCUT2D eigenvalue weighted by Crippen LogP contribution is -2.52. The molecule has 1 aromatic carbocycles. The van der Waals surface area contributed by atoms with Crippen LogP contribution in [0, 0.1) is 29.1 Å². The van der Waals surface area contributed by atoms with Gasteiger partial charge in [0.15, 0.2) is 5.78 Å². The Balaban J connectivity index is 1.97. The molecule has 6 nitrogen and oxygen atoms in total. The third-order valence-electron chi connectivity index (χ3n) is 6.30. The summed E-state index contributed by atoms with van der Waals surface area (Å²) in [6.45, 7) is 1.93. The number of aryl methyl sites for hydroxylation is 1. The molecule has 0 saturated heterocycles. The summed E-state index contributed by atoms with van der Waals surface area (Å²) in [6.07, 6.45) is 3.15. The van der Waals surface area contributed by atoms with Crippen molar-refractivity contribution in [2.75, 3.05) is 7.11 Å². The number of nitrogens with zero attached hydrogens (tertiary/aromatic N) is 3. The highest BCUT2D eigenvalue weighted by atomic mass is 16.5. The van der Waals surface area contributed by atoms with Crippen molar-refractivity contribution in [3.05, 3.63) is 53.3 Å². The SMILES string of the molecule is COC(=O)n1cc2c(n1)[C@]1(c3ccccc3)CC(C#N)C(=O)[C@@H](C)C1CC2. The molecule has 2 unspecified atom stereocenters. The summed E-state index contributed by atoms with van der Waals surface area (Å²) in [5.41, 5.74) is 2.28. The topological polar surface area (TPSA) is 85.0 Å². The van der Waals surface area contributed by atoms with E-state index in [1.165, 1.54) is 11.8 Å². The Morgan fingerprint density at radius 3 is 2.78 bits per heavy atom. The van der Waals surface area contributed by atoms with Gasteiger partial charge in [-0.1, -0.05) is 37.3 Å². The summed E-state index contributed by atoms with van der Waals surface area (Å²) in [5.74, 6) is -0.846. The number of ketones is 1. The number of aromatic nitrogens is 2. The molecule has 0 radical (unpaired) electrons. The zero-order chi connectivity index (χ0) is 19.2. The van der Waals surface area contributed by atoms with Crippen LogP contribution >= 0.6 is 0 Å². The van der Waals surface area contributed by atoms with E-state index >= 15 is 0 Å². The molecule has 0 bridgehead atoms. The summed E-state index contributed by atoms with van der Waals surface area (Å²) in [4.78, 5) is 24.8. The molecule has 138 valence electrons. The highest BCUT2D eigenvalue weighted by Crippen LogP contribution is 2.55. The first kappa shape index (κ1) is 17.5. The Hall–Kier alpha value is -2.94. The van der Waals surface area contributed by atoms with Crippen LogP contribution in [0.25, 0.3) is 0 Å². The maximum Gasteiger partial charge on any atom is 0.434 e. The third-order valence-corrected chi connectivity index (χ3v) is 6.30. The Kier molecular flexibility index (Phi) is 4.11. The molecule has 0 N–H and O–H groups in total. The summed E-state index contributed by atoms with van der Waals surface area (Å²) in [7, 11) is 1.33. The molecule has 2 aromatic rings. The smallest absolute Gasteiger partial charge is 0.434 e. The standard InChI is InChI=1S/C21H21N3O3/c1-13-17-9-8-14-12-24(20(26)27-2)23-19(14)21(17,10-15(11-22)18(13)25)16-6-4-3-5-7-16/h3-7,12-13,15,17H,8-10H2,1-2H3/t13-,15?,17?,21-/m0/s1. The molecule has 1 saturated carbocycles. The molecule has 6 heteroatoms. The number of fused-ring (bicyclic) bond motifs is 3. The average Bonchev–Trinajstić information content (AvgIpc) is 3.15. The van der Waals surface area contributed by atoms with Gasteiger partial charge in [-0.15, -0.1) is 0 Å². The predicted molar refractivity (Wildman–Crippen MR) is 97.0 cm³/mol. The molecular weight excluding hydrogens is 342 g/mol. The van der Waals surface area contributed by atoms with E-state index in [-0.39, 0.29) is 17.6 Å². The largest absolute Gasteiger partial charge is 0.451 e. The molecule has 1 aromatic heterocycles. The lowest BCUT2D eigenvalue weighted by Gasteiger charge is -2.50. The first-order chi connectivity index (χ1) is 13.0. The van der Waals surface area contributed by atoms with Gasteiger partial charge < -0.3 is 4.74 Å². The van der Waals surface area contributed by atoms with Crippen molar-refractivity contribution in [3.8, 4) is 6.07 Å². The highest BCUT2D eigenvalue weighted by Gasteiger charge is 2.56. The van der Waals surface area contributed by atoms with E-state index in [9.17, 15) is 14.9 Å². The number of benzene rings is 1. The lowest BCUT2D eigenvalue weighted by atomic mass is 9.51. The number of carbonyl (C=O) groups excluding carboxylic acids is 2. The van der Waals surface area contributed by atoms with E-state index in [1.807, 2.05) is 37.3 Å². The van der Waals surface area contributed by atoms with E-state index in [4.69, 9.17) is 4.74 Å². The molecule has 2 aliphatic rings. The lowest BCUT2D eigenvalue weighted by molar-refractivity contribution is -0.131. The second kappa shape index (κ2) is 6.34. The molecule has 1 fully saturated rings. The molecule has 4 atom stereocenters. The van der Waals surface area contributed by atoms with E-state index in [0.717, 1.165) is 29.7 Å². The number of hydrogen-bond donors (Lipinski definition) is 0. The number of Topliss-reactive ketones (excluding diaryl/α,β-unsaturated/α-hetero) is 1. The van der Waals surface area contributed by atoms with Crippen molar-refractivity contribution >= 4 is 11.9 Å². The van der Waals surface area contributed by atoms with E-state index < -0.39 is 17.4 Å². The van der Waals surface area contributed by atoms with Crippen molar-refractivity contribution in [1.82, 2.24) is 9.78 Å². The number of rotatable bonds is 1. The molecule has 1 heterocycles. The monoisotopic (exact) mass is 363 g/mol. The van der Waals surface area contributed by atoms with Gasteiger partial charge in [0.2, 0.25) is 0 Å². The second-order valence-corrected chi connectivity index (χ2v) is 7.48. The minimum absolute atomic E-state index is 0.0184. The fourth-order valence-corrected chi connectivity index (χ4v) is 5.06. The van der Waals surface area contributed by atoms with Crippen LogP contribution in [0.4, 0.5) is 4.79 Å². The van der Waals surface area contributed by atoms with Gasteiger partial charge in [0.1, 0.15) is 5.92 Å². The van der Waals surface area contributed by atoms with Gasteiger partial charge in [0, 0.05) is 17.5 Å². The number of hydrogen-bond acceptors (Lipinski definition) is 5. The number of methoxy groups -OCH3 is 1. The molecule has 0 aliphatic heterocycles. The second-order valence-electron chi connectivity index (χ2n) is 7.48. The fraction of sp³-hybridized carbons (Fsp3) is 0.429. The quantitative estimate of drug-likeness (QED) is 0.777. The first-order valence-corrected chi connectivity index (χ1v) is 9.19. The zero-order valence-electron chi connectivity index (χ0n) is 15.4. The van der Waals surface area contributed by atoms with Crippen molar-refractivity contribution in [2.45, 2.75) is 31.6 Å². The zero-order valence-corrected chi connectivity index (χ0v) is 15.4. The van der Waals surface area contributed by atoms with Gasteiger partial charge in [-0.2, -0.15) is 15.0 Å². The third kappa shape index (κ3) is 2.42. The molecular formula is C21H21N3O3. The fourth-order valence-electron chi connectivity index (χ4n) is 5.06. The van der Waals surface area contributed by atoms with Crippen LogP contribution in [0.15, 0.2) is 36.5 Å². The average molecular weight is 363 g/mol. The van der Waals surface area contributed by atoms with Crippen LogP contribution in [-0.4, -0.2) is 28.8 Å². The molecule has 2 aliphatic carbocycles. The highest BCUT2D eigenvalue weighted by molar-refractivity contribution is 5.87. The number of ether oxygens (including phenoxy) is 1. The maximum absolute atomic E-state index is 12.7. The summed E-state index contributed by atoms with van der Waals surface area (Å²) >= 11 is 0. The van der Waals surface area contributed by atoms with Crippen LogP contribution in [-0.2, 0) is 21.4 Å². The maximum atomic E-state index is 12.7. The van der Waals surface area contributed by atoms with Gasteiger partial charge in [-0.05, 0) is 36.3 Å². The van der Waals surface area contributed by atoms with Crippen molar-refractivity contribution in [3.63, 3.8) is 0 Å². The normalized spacial score (nSPS) is 29.4. The van der Waals surface area contributed by atoms with Gasteiger partial charge >= 0.3 is 6.09 Å². The molecule has 27 heavy (non-hydrogen) atoms. The minimum atomic E-state index is -0.675. The van der Waals surface area contributed by atoms with E-state index in [1.54, 1.807) is 6.20 Å². The van der Waals surface area contributed by atoms with Crippen LogP contribution in [0.3, 0.4) is 0 Å². The summed E-state index contributed by atoms with van der Waals surface area (Å²) in [6, 6.07) is 12.2. The van der Waals surface area contributed by atoms with Gasteiger partial charge in [0.05, 0.1) is 18.9 Å². The van der Waals surface area contributed by atoms with Crippen molar-refractivity contribution in [1.29, 1.82) is 5.26 Å². The van der Waals surface area contributed by atoms with Crippen LogP contribution in [0.5, 0.6) is 0 Å². The Labute approximate surface area is 157 Å². The Morgan fingerprint density at radius 1 is 1.37 bits per heavy atom. The molecule has 4 rings (SSSR count).